The lowest BCUT2D eigenvalue weighted by Crippen LogP contribution is -2.22. The lowest BCUT2D eigenvalue weighted by Gasteiger charge is -2.15. The van der Waals surface area contributed by atoms with E-state index in [2.05, 4.69) is 29.9 Å². The molecule has 2 unspecified atom stereocenters. The number of rotatable bonds is 11. The summed E-state index contributed by atoms with van der Waals surface area (Å²) in [6, 6.07) is 10.2. The van der Waals surface area contributed by atoms with Crippen LogP contribution in [0.5, 0.6) is 11.5 Å². The van der Waals surface area contributed by atoms with Gasteiger partial charge in [-0.15, -0.1) is 0 Å². The predicted molar refractivity (Wildman–Crippen MR) is 140 cm³/mol. The Morgan fingerprint density at radius 1 is 1.17 bits per heavy atom. The zero-order valence-electron chi connectivity index (χ0n) is 21.4. The van der Waals surface area contributed by atoms with Gasteiger partial charge in [-0.25, -0.2) is 9.37 Å². The summed E-state index contributed by atoms with van der Waals surface area (Å²) in [7, 11) is 1.97. The molecule has 1 saturated carbocycles. The molecule has 3 aromatic rings. The average molecular weight is 516 g/mol. The van der Waals surface area contributed by atoms with Crippen molar-refractivity contribution in [2.24, 2.45) is 11.8 Å². The standard InChI is InChI=1S/C26H34FN3O5Si/c1-33-19-7-6-8-20(34-2)22(19)17-13-30(15-35-11-12-36(3,4)5)25-16(17)9-10-21(28-25)29-26(32)23-18(14-31)24(23)27/h6-10,13,18,23-24,31H,11-12,14-15H2,1-5H3,(H,28,29,32)/t18?,23?,24-/m0/s1. The van der Waals surface area contributed by atoms with E-state index in [-0.39, 0.29) is 13.3 Å². The summed E-state index contributed by atoms with van der Waals surface area (Å²) in [6.07, 6.45) is 0.616. The maximum atomic E-state index is 13.8. The molecule has 1 aliphatic carbocycles. The molecule has 194 valence electrons. The number of benzene rings is 1. The Bertz CT molecular complexity index is 1220. The Labute approximate surface area is 211 Å². The SMILES string of the molecule is COc1cccc(OC)c1-c1cn(COCC[Si](C)(C)C)c2nc(NC(=O)C3C(CO)[C@@H]3F)ccc12. The summed E-state index contributed by atoms with van der Waals surface area (Å²) in [6.45, 7) is 7.47. The third-order valence-electron chi connectivity index (χ3n) is 6.48. The van der Waals surface area contributed by atoms with E-state index in [1.807, 2.05) is 35.0 Å². The molecule has 36 heavy (non-hydrogen) atoms. The van der Waals surface area contributed by atoms with Gasteiger partial charge in [0.25, 0.3) is 0 Å². The van der Waals surface area contributed by atoms with Crippen molar-refractivity contribution in [1.29, 1.82) is 0 Å². The Morgan fingerprint density at radius 3 is 2.44 bits per heavy atom. The zero-order valence-corrected chi connectivity index (χ0v) is 22.4. The zero-order chi connectivity index (χ0) is 26.0. The highest BCUT2D eigenvalue weighted by Gasteiger charge is 2.55. The van der Waals surface area contributed by atoms with Crippen molar-refractivity contribution in [3.63, 3.8) is 0 Å². The highest BCUT2D eigenvalue weighted by atomic mass is 28.3. The number of aliphatic hydroxyl groups is 1. The lowest BCUT2D eigenvalue weighted by atomic mass is 10.0. The number of aliphatic hydroxyl groups excluding tert-OH is 1. The van der Waals surface area contributed by atoms with Crippen molar-refractivity contribution >= 4 is 30.8 Å². The van der Waals surface area contributed by atoms with Gasteiger partial charge in [-0.3, -0.25) is 4.79 Å². The Balaban J connectivity index is 1.70. The molecular formula is C26H34FN3O5Si. The molecular weight excluding hydrogens is 481 g/mol. The molecule has 2 heterocycles. The van der Waals surface area contributed by atoms with Crippen molar-refractivity contribution in [2.75, 3.05) is 32.8 Å². The van der Waals surface area contributed by atoms with Gasteiger partial charge in [0, 0.05) is 44.4 Å². The third-order valence-corrected chi connectivity index (χ3v) is 8.19. The summed E-state index contributed by atoms with van der Waals surface area (Å²) >= 11 is 0. The second-order valence-corrected chi connectivity index (χ2v) is 15.9. The number of pyridine rings is 1. The molecule has 0 bridgehead atoms. The molecule has 3 atom stereocenters. The van der Waals surface area contributed by atoms with E-state index in [4.69, 9.17) is 14.2 Å². The van der Waals surface area contributed by atoms with Crippen molar-refractivity contribution < 1.29 is 28.5 Å². The number of aromatic nitrogens is 2. The Morgan fingerprint density at radius 2 is 1.86 bits per heavy atom. The van der Waals surface area contributed by atoms with Gasteiger partial charge in [-0.05, 0) is 30.3 Å². The number of hydrogen-bond donors (Lipinski definition) is 2. The van der Waals surface area contributed by atoms with Gasteiger partial charge in [0.05, 0.1) is 25.7 Å². The van der Waals surface area contributed by atoms with E-state index < -0.39 is 32.0 Å². The van der Waals surface area contributed by atoms with Crippen LogP contribution >= 0.6 is 0 Å². The quantitative estimate of drug-likeness (QED) is 0.287. The van der Waals surface area contributed by atoms with Crippen LogP contribution in [0.2, 0.25) is 25.7 Å². The molecule has 2 aromatic heterocycles. The van der Waals surface area contributed by atoms with E-state index in [1.165, 1.54) is 0 Å². The maximum absolute atomic E-state index is 13.8. The first-order valence-electron chi connectivity index (χ1n) is 12.0. The number of nitrogens with one attached hydrogen (secondary N) is 1. The molecule has 0 radical (unpaired) electrons. The number of carbonyl (C=O) groups is 1. The minimum absolute atomic E-state index is 0.282. The molecule has 0 spiro atoms. The number of carbonyl (C=O) groups excluding carboxylic acids is 1. The molecule has 2 N–H and O–H groups in total. The molecule has 4 rings (SSSR count). The van der Waals surface area contributed by atoms with Crippen molar-refractivity contribution in [3.05, 3.63) is 36.5 Å². The highest BCUT2D eigenvalue weighted by Crippen LogP contribution is 2.44. The van der Waals surface area contributed by atoms with Gasteiger partial charge < -0.3 is 29.2 Å². The van der Waals surface area contributed by atoms with Crippen LogP contribution in [0, 0.1) is 11.8 Å². The topological polar surface area (TPSA) is 94.8 Å². The molecule has 1 amide bonds. The summed E-state index contributed by atoms with van der Waals surface area (Å²) in [4.78, 5) is 17.2. The Kier molecular flexibility index (Phi) is 7.67. The first-order valence-corrected chi connectivity index (χ1v) is 15.7. The van der Waals surface area contributed by atoms with Gasteiger partial charge in [0.15, 0.2) is 0 Å². The van der Waals surface area contributed by atoms with E-state index in [0.717, 1.165) is 22.6 Å². The van der Waals surface area contributed by atoms with E-state index in [9.17, 15) is 14.3 Å². The van der Waals surface area contributed by atoms with Gasteiger partial charge >= 0.3 is 0 Å². The fourth-order valence-corrected chi connectivity index (χ4v) is 5.04. The van der Waals surface area contributed by atoms with E-state index >= 15 is 0 Å². The smallest absolute Gasteiger partial charge is 0.232 e. The largest absolute Gasteiger partial charge is 0.496 e. The minimum atomic E-state index is -1.33. The Hall–Kier alpha value is -2.95. The van der Waals surface area contributed by atoms with Crippen LogP contribution in [0.3, 0.4) is 0 Å². The van der Waals surface area contributed by atoms with Gasteiger partial charge in [-0.1, -0.05) is 25.7 Å². The van der Waals surface area contributed by atoms with Crippen LogP contribution in [-0.2, 0) is 16.3 Å². The summed E-state index contributed by atoms with van der Waals surface area (Å²) < 4.78 is 33.0. The number of alkyl halides is 1. The number of ether oxygens (including phenoxy) is 3. The first kappa shape index (κ1) is 26.1. The normalized spacial score (nSPS) is 19.4. The molecule has 0 saturated heterocycles. The number of fused-ring (bicyclic) bond motifs is 1. The van der Waals surface area contributed by atoms with Crippen LogP contribution in [0.1, 0.15) is 0 Å². The van der Waals surface area contributed by atoms with Crippen LogP contribution in [0.15, 0.2) is 36.5 Å². The van der Waals surface area contributed by atoms with Gasteiger partial charge in [0.2, 0.25) is 5.91 Å². The van der Waals surface area contributed by atoms with Gasteiger partial charge in [-0.2, -0.15) is 0 Å². The molecule has 8 nitrogen and oxygen atoms in total. The number of methoxy groups -OCH3 is 2. The van der Waals surface area contributed by atoms with Crippen LogP contribution < -0.4 is 14.8 Å². The van der Waals surface area contributed by atoms with Crippen LogP contribution in [0.4, 0.5) is 10.2 Å². The molecule has 10 heteroatoms. The second-order valence-electron chi connectivity index (χ2n) is 10.3. The van der Waals surface area contributed by atoms with E-state index in [0.29, 0.717) is 29.6 Å². The second kappa shape index (κ2) is 10.6. The van der Waals surface area contributed by atoms with Crippen molar-refractivity contribution in [1.82, 2.24) is 9.55 Å². The van der Waals surface area contributed by atoms with Crippen molar-refractivity contribution in [2.45, 2.75) is 38.6 Å². The highest BCUT2D eigenvalue weighted by molar-refractivity contribution is 6.76. The maximum Gasteiger partial charge on any atom is 0.232 e. The van der Waals surface area contributed by atoms with E-state index in [1.54, 1.807) is 20.3 Å². The van der Waals surface area contributed by atoms with Crippen LogP contribution in [0.25, 0.3) is 22.2 Å². The molecule has 0 aliphatic heterocycles. The number of halogens is 1. The fraction of sp³-hybridized carbons (Fsp3) is 0.462. The third kappa shape index (κ3) is 5.40. The number of hydrogen-bond acceptors (Lipinski definition) is 6. The number of amides is 1. The van der Waals surface area contributed by atoms with Gasteiger partial charge in [0.1, 0.15) is 35.9 Å². The predicted octanol–water partition coefficient (Wildman–Crippen LogP) is 4.55. The number of anilines is 1. The fourth-order valence-electron chi connectivity index (χ4n) is 4.28. The molecule has 1 fully saturated rings. The molecule has 1 aliphatic rings. The molecule has 1 aromatic carbocycles. The van der Waals surface area contributed by atoms with Crippen molar-refractivity contribution in [3.8, 4) is 22.6 Å². The monoisotopic (exact) mass is 515 g/mol. The average Bonchev–Trinajstić information content (AvgIpc) is 3.39. The summed E-state index contributed by atoms with van der Waals surface area (Å²) in [5.41, 5.74) is 2.25. The summed E-state index contributed by atoms with van der Waals surface area (Å²) in [5.74, 6) is -0.362. The number of nitrogens with zero attached hydrogens (tertiary/aromatic N) is 2. The minimum Gasteiger partial charge on any atom is -0.496 e. The summed E-state index contributed by atoms with van der Waals surface area (Å²) in [5, 5.41) is 12.7. The first-order chi connectivity index (χ1) is 17.2. The lowest BCUT2D eigenvalue weighted by molar-refractivity contribution is -0.118. The van der Waals surface area contributed by atoms with Crippen LogP contribution in [-0.4, -0.2) is 62.2 Å².